The van der Waals surface area contributed by atoms with E-state index in [2.05, 4.69) is 10.3 Å². The van der Waals surface area contributed by atoms with Crippen LogP contribution in [0.3, 0.4) is 0 Å². The number of ether oxygens (including phenoxy) is 2. The second kappa shape index (κ2) is 8.65. The van der Waals surface area contributed by atoms with Crippen molar-refractivity contribution in [1.29, 1.82) is 0 Å². The van der Waals surface area contributed by atoms with E-state index in [-0.39, 0.29) is 19.1 Å². The first-order chi connectivity index (χ1) is 11.2. The van der Waals surface area contributed by atoms with Gasteiger partial charge in [0.05, 0.1) is 18.7 Å². The Kier molecular flexibility index (Phi) is 6.26. The first-order valence-electron chi connectivity index (χ1n) is 7.14. The molecule has 1 N–H and O–H groups in total. The minimum Gasteiger partial charge on any atom is -0.460 e. The number of aromatic nitrogens is 1. The third kappa shape index (κ3) is 4.89. The van der Waals surface area contributed by atoms with Crippen molar-refractivity contribution < 1.29 is 19.1 Å². The SMILES string of the molecule is COCc1ccccc1C(=O)OCCNC(=O)c1ccncc1. The zero-order chi connectivity index (χ0) is 16.5. The standard InChI is InChI=1S/C17H18N2O4/c1-22-12-14-4-2-3-5-15(14)17(21)23-11-10-19-16(20)13-6-8-18-9-7-13/h2-9H,10-12H2,1H3,(H,19,20). The number of carbonyl (C=O) groups is 2. The molecule has 120 valence electrons. The summed E-state index contributed by atoms with van der Waals surface area (Å²) in [6.45, 7) is 0.667. The molecule has 0 saturated heterocycles. The van der Waals surface area contributed by atoms with E-state index in [0.717, 1.165) is 5.56 Å². The van der Waals surface area contributed by atoms with E-state index in [1.807, 2.05) is 12.1 Å². The lowest BCUT2D eigenvalue weighted by Crippen LogP contribution is -2.28. The van der Waals surface area contributed by atoms with Gasteiger partial charge in [0.2, 0.25) is 0 Å². The van der Waals surface area contributed by atoms with Gasteiger partial charge in [0.25, 0.3) is 5.91 Å². The molecule has 1 heterocycles. The van der Waals surface area contributed by atoms with Gasteiger partial charge in [0, 0.05) is 25.1 Å². The maximum Gasteiger partial charge on any atom is 0.338 e. The molecule has 0 saturated carbocycles. The number of benzene rings is 1. The molecule has 1 amide bonds. The second-order valence-corrected chi connectivity index (χ2v) is 4.72. The minimum atomic E-state index is -0.434. The molecular formula is C17H18N2O4. The minimum absolute atomic E-state index is 0.0942. The number of esters is 1. The summed E-state index contributed by atoms with van der Waals surface area (Å²) in [4.78, 5) is 27.7. The molecule has 0 aliphatic carbocycles. The normalized spacial score (nSPS) is 10.1. The van der Waals surface area contributed by atoms with Crippen LogP contribution in [-0.2, 0) is 16.1 Å². The number of nitrogens with zero attached hydrogens (tertiary/aromatic N) is 1. The Bertz CT molecular complexity index is 659. The van der Waals surface area contributed by atoms with Crippen LogP contribution in [0.4, 0.5) is 0 Å². The maximum absolute atomic E-state index is 12.1. The Labute approximate surface area is 134 Å². The smallest absolute Gasteiger partial charge is 0.338 e. The van der Waals surface area contributed by atoms with Gasteiger partial charge in [-0.1, -0.05) is 18.2 Å². The van der Waals surface area contributed by atoms with Gasteiger partial charge in [-0.3, -0.25) is 9.78 Å². The van der Waals surface area contributed by atoms with Gasteiger partial charge >= 0.3 is 5.97 Å². The lowest BCUT2D eigenvalue weighted by atomic mass is 10.1. The zero-order valence-electron chi connectivity index (χ0n) is 12.8. The second-order valence-electron chi connectivity index (χ2n) is 4.72. The quantitative estimate of drug-likeness (QED) is 0.623. The Morgan fingerprint density at radius 3 is 2.61 bits per heavy atom. The average Bonchev–Trinajstić information content (AvgIpc) is 2.60. The summed E-state index contributed by atoms with van der Waals surface area (Å²) >= 11 is 0. The van der Waals surface area contributed by atoms with Crippen LogP contribution in [-0.4, -0.2) is 37.1 Å². The highest BCUT2D eigenvalue weighted by Crippen LogP contribution is 2.11. The Morgan fingerprint density at radius 1 is 1.13 bits per heavy atom. The molecule has 0 aliphatic heterocycles. The topological polar surface area (TPSA) is 77.5 Å². The third-order valence-corrected chi connectivity index (χ3v) is 3.10. The molecule has 23 heavy (non-hydrogen) atoms. The van der Waals surface area contributed by atoms with Crippen molar-refractivity contribution in [3.05, 3.63) is 65.5 Å². The number of pyridine rings is 1. The zero-order valence-corrected chi connectivity index (χ0v) is 12.8. The summed E-state index contributed by atoms with van der Waals surface area (Å²) in [6.07, 6.45) is 3.09. The van der Waals surface area contributed by atoms with E-state index >= 15 is 0 Å². The van der Waals surface area contributed by atoms with E-state index < -0.39 is 5.97 Å². The fourth-order valence-electron chi connectivity index (χ4n) is 1.99. The van der Waals surface area contributed by atoms with Crippen molar-refractivity contribution in [3.63, 3.8) is 0 Å². The monoisotopic (exact) mass is 314 g/mol. The number of methoxy groups -OCH3 is 1. The predicted octanol–water partition coefficient (Wildman–Crippen LogP) is 1.81. The average molecular weight is 314 g/mol. The summed E-state index contributed by atoms with van der Waals surface area (Å²) in [5.74, 6) is -0.668. The largest absolute Gasteiger partial charge is 0.460 e. The molecule has 0 aliphatic rings. The molecule has 0 spiro atoms. The molecule has 0 unspecified atom stereocenters. The van der Waals surface area contributed by atoms with Crippen molar-refractivity contribution in [2.45, 2.75) is 6.61 Å². The Balaban J connectivity index is 1.80. The van der Waals surface area contributed by atoms with Crippen LogP contribution in [0, 0.1) is 0 Å². The lowest BCUT2D eigenvalue weighted by Gasteiger charge is -2.09. The number of hydrogen-bond acceptors (Lipinski definition) is 5. The summed E-state index contributed by atoms with van der Waals surface area (Å²) in [6, 6.07) is 10.3. The lowest BCUT2D eigenvalue weighted by molar-refractivity contribution is 0.0498. The van der Waals surface area contributed by atoms with Crippen molar-refractivity contribution in [2.75, 3.05) is 20.3 Å². The number of nitrogens with one attached hydrogen (secondary N) is 1. The van der Waals surface area contributed by atoms with Crippen LogP contribution in [0.25, 0.3) is 0 Å². The summed E-state index contributed by atoms with van der Waals surface area (Å²) in [5, 5.41) is 2.68. The Hall–Kier alpha value is -2.73. The van der Waals surface area contributed by atoms with Crippen LogP contribution in [0.2, 0.25) is 0 Å². The van der Waals surface area contributed by atoms with Gasteiger partial charge in [-0.25, -0.2) is 4.79 Å². The van der Waals surface area contributed by atoms with Crippen molar-refractivity contribution >= 4 is 11.9 Å². The number of carbonyl (C=O) groups excluding carboxylic acids is 2. The molecule has 0 bridgehead atoms. The summed E-state index contributed by atoms with van der Waals surface area (Å²) < 4.78 is 10.2. The maximum atomic E-state index is 12.1. The molecule has 2 aromatic rings. The first-order valence-corrected chi connectivity index (χ1v) is 7.14. The molecule has 6 nitrogen and oxygen atoms in total. The highest BCUT2D eigenvalue weighted by molar-refractivity contribution is 5.94. The van der Waals surface area contributed by atoms with Crippen LogP contribution >= 0.6 is 0 Å². The number of hydrogen-bond donors (Lipinski definition) is 1. The van der Waals surface area contributed by atoms with Crippen molar-refractivity contribution in [1.82, 2.24) is 10.3 Å². The fourth-order valence-corrected chi connectivity index (χ4v) is 1.99. The fraction of sp³-hybridized carbons (Fsp3) is 0.235. The Morgan fingerprint density at radius 2 is 1.87 bits per heavy atom. The predicted molar refractivity (Wildman–Crippen MR) is 84.0 cm³/mol. The molecule has 0 atom stereocenters. The molecule has 2 rings (SSSR count). The van der Waals surface area contributed by atoms with Crippen LogP contribution < -0.4 is 5.32 Å². The van der Waals surface area contributed by atoms with E-state index in [1.165, 1.54) is 0 Å². The van der Waals surface area contributed by atoms with Gasteiger partial charge in [0.1, 0.15) is 6.61 Å². The molecular weight excluding hydrogens is 296 g/mol. The van der Waals surface area contributed by atoms with Gasteiger partial charge in [0.15, 0.2) is 0 Å². The van der Waals surface area contributed by atoms with E-state index in [9.17, 15) is 9.59 Å². The van der Waals surface area contributed by atoms with Crippen LogP contribution in [0.5, 0.6) is 0 Å². The highest BCUT2D eigenvalue weighted by Gasteiger charge is 2.12. The van der Waals surface area contributed by atoms with E-state index in [4.69, 9.17) is 9.47 Å². The number of amides is 1. The van der Waals surface area contributed by atoms with Crippen LogP contribution in [0.15, 0.2) is 48.8 Å². The first kappa shape index (κ1) is 16.6. The van der Waals surface area contributed by atoms with Crippen molar-refractivity contribution in [3.8, 4) is 0 Å². The molecule has 0 radical (unpaired) electrons. The highest BCUT2D eigenvalue weighted by atomic mass is 16.5. The van der Waals surface area contributed by atoms with E-state index in [0.29, 0.717) is 17.7 Å². The molecule has 1 aromatic heterocycles. The van der Waals surface area contributed by atoms with Gasteiger partial charge in [-0.2, -0.15) is 0 Å². The molecule has 0 fully saturated rings. The summed E-state index contributed by atoms with van der Waals surface area (Å²) in [5.41, 5.74) is 1.74. The van der Waals surface area contributed by atoms with Gasteiger partial charge in [-0.05, 0) is 23.8 Å². The van der Waals surface area contributed by atoms with Gasteiger partial charge in [-0.15, -0.1) is 0 Å². The molecule has 1 aromatic carbocycles. The van der Waals surface area contributed by atoms with Gasteiger partial charge < -0.3 is 14.8 Å². The molecule has 6 heteroatoms. The number of rotatable bonds is 7. The third-order valence-electron chi connectivity index (χ3n) is 3.10. The van der Waals surface area contributed by atoms with E-state index in [1.54, 1.807) is 43.8 Å². The van der Waals surface area contributed by atoms with Crippen LogP contribution in [0.1, 0.15) is 26.3 Å². The summed E-state index contributed by atoms with van der Waals surface area (Å²) in [7, 11) is 1.57. The van der Waals surface area contributed by atoms with Crippen molar-refractivity contribution in [2.24, 2.45) is 0 Å².